The van der Waals surface area contributed by atoms with Gasteiger partial charge in [0.1, 0.15) is 5.82 Å². The number of carbonyl (C=O) groups is 2. The second-order valence-corrected chi connectivity index (χ2v) is 6.67. The second-order valence-electron chi connectivity index (χ2n) is 6.67. The second kappa shape index (κ2) is 7.25. The van der Waals surface area contributed by atoms with E-state index in [-0.39, 0.29) is 17.3 Å². The standard InChI is InChI=1S/C18H22FN5O2/c1-11-4-3-5-14(15(11)19)18(26)21-13-6-7-24(10-13)9-12-8-23(2)22-16(12)17(20)25/h3-5,8,13H,6-7,9-10H2,1-2H3,(H2,20,25)(H,21,26). The van der Waals surface area contributed by atoms with Crippen molar-refractivity contribution in [1.82, 2.24) is 20.0 Å². The minimum Gasteiger partial charge on any atom is -0.364 e. The van der Waals surface area contributed by atoms with Crippen molar-refractivity contribution in [3.05, 3.63) is 52.6 Å². The Bertz CT molecular complexity index is 848. The van der Waals surface area contributed by atoms with Crippen molar-refractivity contribution in [1.29, 1.82) is 0 Å². The molecule has 2 aromatic rings. The summed E-state index contributed by atoms with van der Waals surface area (Å²) in [5, 5.41) is 6.97. The Labute approximate surface area is 151 Å². The molecule has 1 aromatic heterocycles. The van der Waals surface area contributed by atoms with Gasteiger partial charge < -0.3 is 11.1 Å². The average Bonchev–Trinajstić information content (AvgIpc) is 3.16. The lowest BCUT2D eigenvalue weighted by Crippen LogP contribution is -2.37. The Morgan fingerprint density at radius 2 is 2.19 bits per heavy atom. The van der Waals surface area contributed by atoms with Crippen LogP contribution < -0.4 is 11.1 Å². The van der Waals surface area contributed by atoms with Gasteiger partial charge in [0.2, 0.25) is 0 Å². The van der Waals surface area contributed by atoms with E-state index in [0.717, 1.165) is 18.5 Å². The molecule has 2 amide bonds. The average molecular weight is 359 g/mol. The number of rotatable bonds is 5. The van der Waals surface area contributed by atoms with Crippen LogP contribution in [0.3, 0.4) is 0 Å². The van der Waals surface area contributed by atoms with E-state index in [4.69, 9.17) is 5.73 Å². The summed E-state index contributed by atoms with van der Waals surface area (Å²) in [5.41, 5.74) is 6.89. The first-order valence-corrected chi connectivity index (χ1v) is 8.46. The van der Waals surface area contributed by atoms with Gasteiger partial charge in [-0.25, -0.2) is 4.39 Å². The first-order chi connectivity index (χ1) is 12.3. The summed E-state index contributed by atoms with van der Waals surface area (Å²) in [7, 11) is 1.74. The fraction of sp³-hybridized carbons (Fsp3) is 0.389. The highest BCUT2D eigenvalue weighted by Crippen LogP contribution is 2.17. The van der Waals surface area contributed by atoms with Gasteiger partial charge in [-0.1, -0.05) is 12.1 Å². The topological polar surface area (TPSA) is 93.2 Å². The third-order valence-corrected chi connectivity index (χ3v) is 4.58. The Kier molecular flexibility index (Phi) is 5.03. The highest BCUT2D eigenvalue weighted by Gasteiger charge is 2.27. The minimum absolute atomic E-state index is 0.0618. The van der Waals surface area contributed by atoms with Crippen molar-refractivity contribution in [3.63, 3.8) is 0 Å². The number of nitrogens with one attached hydrogen (secondary N) is 1. The van der Waals surface area contributed by atoms with Gasteiger partial charge in [0, 0.05) is 44.5 Å². The summed E-state index contributed by atoms with van der Waals surface area (Å²) >= 11 is 0. The van der Waals surface area contributed by atoms with Crippen LogP contribution in [0.4, 0.5) is 4.39 Å². The van der Waals surface area contributed by atoms with Crippen molar-refractivity contribution in [2.45, 2.75) is 25.9 Å². The highest BCUT2D eigenvalue weighted by atomic mass is 19.1. The van der Waals surface area contributed by atoms with E-state index in [1.54, 1.807) is 37.0 Å². The third-order valence-electron chi connectivity index (χ3n) is 4.58. The lowest BCUT2D eigenvalue weighted by Gasteiger charge is -2.16. The van der Waals surface area contributed by atoms with Gasteiger partial charge in [-0.2, -0.15) is 5.10 Å². The van der Waals surface area contributed by atoms with E-state index < -0.39 is 17.6 Å². The van der Waals surface area contributed by atoms with Crippen molar-refractivity contribution < 1.29 is 14.0 Å². The minimum atomic E-state index is -0.556. The SMILES string of the molecule is Cc1cccc(C(=O)NC2CCN(Cc3cn(C)nc3C(N)=O)C2)c1F. The fourth-order valence-corrected chi connectivity index (χ4v) is 3.28. The molecular weight excluding hydrogens is 337 g/mol. The molecule has 7 nitrogen and oxygen atoms in total. The van der Waals surface area contributed by atoms with Crippen molar-refractivity contribution in [3.8, 4) is 0 Å². The van der Waals surface area contributed by atoms with Gasteiger partial charge in [0.15, 0.2) is 5.69 Å². The maximum absolute atomic E-state index is 14.1. The Morgan fingerprint density at radius 3 is 2.92 bits per heavy atom. The van der Waals surface area contributed by atoms with Crippen molar-refractivity contribution >= 4 is 11.8 Å². The molecule has 3 rings (SSSR count). The molecule has 26 heavy (non-hydrogen) atoms. The van der Waals surface area contributed by atoms with E-state index >= 15 is 0 Å². The molecule has 1 aliphatic heterocycles. The molecule has 0 spiro atoms. The van der Waals surface area contributed by atoms with Crippen LogP contribution >= 0.6 is 0 Å². The predicted molar refractivity (Wildman–Crippen MR) is 94.0 cm³/mol. The normalized spacial score (nSPS) is 17.4. The Balaban J connectivity index is 1.61. The molecule has 0 aliphatic carbocycles. The van der Waals surface area contributed by atoms with Crippen molar-refractivity contribution in [2.75, 3.05) is 13.1 Å². The third kappa shape index (κ3) is 3.75. The number of hydrogen-bond donors (Lipinski definition) is 2. The summed E-state index contributed by atoms with van der Waals surface area (Å²) in [6.45, 7) is 3.53. The molecule has 2 heterocycles. The van der Waals surface area contributed by atoms with Gasteiger partial charge in [0.25, 0.3) is 11.8 Å². The maximum Gasteiger partial charge on any atom is 0.269 e. The zero-order chi connectivity index (χ0) is 18.8. The van der Waals surface area contributed by atoms with Gasteiger partial charge in [-0.15, -0.1) is 0 Å². The van der Waals surface area contributed by atoms with Crippen LogP contribution in [-0.4, -0.2) is 45.6 Å². The lowest BCUT2D eigenvalue weighted by atomic mass is 10.1. The zero-order valence-electron chi connectivity index (χ0n) is 14.8. The number of aryl methyl sites for hydroxylation is 2. The number of amides is 2. The van der Waals surface area contributed by atoms with Gasteiger partial charge in [0.05, 0.1) is 5.56 Å². The summed E-state index contributed by atoms with van der Waals surface area (Å²) in [4.78, 5) is 25.9. The summed E-state index contributed by atoms with van der Waals surface area (Å²) in [5.74, 6) is -1.45. The molecule has 8 heteroatoms. The molecule has 1 unspecified atom stereocenters. The highest BCUT2D eigenvalue weighted by molar-refractivity contribution is 5.95. The van der Waals surface area contributed by atoms with Gasteiger partial charge in [-0.3, -0.25) is 19.2 Å². The maximum atomic E-state index is 14.1. The lowest BCUT2D eigenvalue weighted by molar-refractivity contribution is 0.0932. The van der Waals surface area contributed by atoms with Crippen LogP contribution in [0.25, 0.3) is 0 Å². The molecule has 0 saturated carbocycles. The monoisotopic (exact) mass is 359 g/mol. The van der Waals surface area contributed by atoms with Crippen LogP contribution in [0.5, 0.6) is 0 Å². The summed E-state index contributed by atoms with van der Waals surface area (Å²) < 4.78 is 15.6. The molecule has 0 bridgehead atoms. The summed E-state index contributed by atoms with van der Waals surface area (Å²) in [6.07, 6.45) is 2.53. The quantitative estimate of drug-likeness (QED) is 0.832. The molecule has 1 aliphatic rings. The number of benzene rings is 1. The molecule has 1 saturated heterocycles. The molecule has 138 valence electrons. The predicted octanol–water partition coefficient (Wildman–Crippen LogP) is 0.971. The Hall–Kier alpha value is -2.74. The molecule has 0 radical (unpaired) electrons. The number of nitrogens with two attached hydrogens (primary N) is 1. The van der Waals surface area contributed by atoms with E-state index in [1.165, 1.54) is 6.07 Å². The first-order valence-electron chi connectivity index (χ1n) is 8.46. The number of likely N-dealkylation sites (tertiary alicyclic amines) is 1. The van der Waals surface area contributed by atoms with Gasteiger partial charge in [-0.05, 0) is 25.0 Å². The number of primary amides is 1. The number of halogens is 1. The smallest absolute Gasteiger partial charge is 0.269 e. The molecule has 1 fully saturated rings. The number of hydrogen-bond acceptors (Lipinski definition) is 4. The Morgan fingerprint density at radius 1 is 1.42 bits per heavy atom. The van der Waals surface area contributed by atoms with Crippen LogP contribution in [0.2, 0.25) is 0 Å². The van der Waals surface area contributed by atoms with E-state index in [0.29, 0.717) is 18.7 Å². The molecule has 1 atom stereocenters. The van der Waals surface area contributed by atoms with Crippen LogP contribution in [0, 0.1) is 12.7 Å². The van der Waals surface area contributed by atoms with E-state index in [2.05, 4.69) is 15.3 Å². The molecule has 1 aromatic carbocycles. The number of aromatic nitrogens is 2. The largest absolute Gasteiger partial charge is 0.364 e. The van der Waals surface area contributed by atoms with E-state index in [1.807, 2.05) is 0 Å². The zero-order valence-corrected chi connectivity index (χ0v) is 14.8. The van der Waals surface area contributed by atoms with Crippen LogP contribution in [0.15, 0.2) is 24.4 Å². The molecule has 3 N–H and O–H groups in total. The summed E-state index contributed by atoms with van der Waals surface area (Å²) in [6, 6.07) is 4.71. The first kappa shape index (κ1) is 18.1. The van der Waals surface area contributed by atoms with Gasteiger partial charge >= 0.3 is 0 Å². The van der Waals surface area contributed by atoms with E-state index in [9.17, 15) is 14.0 Å². The van der Waals surface area contributed by atoms with Crippen LogP contribution in [-0.2, 0) is 13.6 Å². The fourth-order valence-electron chi connectivity index (χ4n) is 3.28. The molecular formula is C18H22FN5O2. The number of carbonyl (C=O) groups excluding carboxylic acids is 2. The van der Waals surface area contributed by atoms with Crippen LogP contribution in [0.1, 0.15) is 38.4 Å². The van der Waals surface area contributed by atoms with Crippen molar-refractivity contribution in [2.24, 2.45) is 12.8 Å². The number of nitrogens with zero attached hydrogens (tertiary/aromatic N) is 3.